The van der Waals surface area contributed by atoms with E-state index in [1.807, 2.05) is 5.92 Å². The molecule has 1 rings (SSSR count). The topological polar surface area (TPSA) is 69.9 Å². The average Bonchev–Trinajstić information content (AvgIpc) is 2.27. The van der Waals surface area contributed by atoms with Crippen molar-refractivity contribution in [3.63, 3.8) is 0 Å². The first-order valence-electron chi connectivity index (χ1n) is 3.90. The van der Waals surface area contributed by atoms with E-state index in [0.29, 0.717) is 0 Å². The maximum Gasteiger partial charge on any atom is 0.209 e. The van der Waals surface area contributed by atoms with Gasteiger partial charge in [0.2, 0.25) is 11.4 Å². The Kier molecular flexibility index (Phi) is 3.09. The number of hydrogen-bond acceptors (Lipinski definition) is 4. The predicted octanol–water partition coefficient (Wildman–Crippen LogP) is -2.07. The second-order valence-corrected chi connectivity index (χ2v) is 3.38. The zero-order valence-corrected chi connectivity index (χ0v) is 8.12. The van der Waals surface area contributed by atoms with Gasteiger partial charge in [0, 0.05) is 5.38 Å². The summed E-state index contributed by atoms with van der Waals surface area (Å²) in [5.74, 6) is -0.633. The molecule has 0 spiro atoms. The number of aliphatic hydroxyl groups is 3. The van der Waals surface area contributed by atoms with Crippen LogP contribution in [0.2, 0.25) is 0 Å². The molecular formula is C7H9BClFO4. The predicted molar refractivity (Wildman–Crippen MR) is 48.9 cm³/mol. The average molecular weight is 222 g/mol. The summed E-state index contributed by atoms with van der Waals surface area (Å²) in [6.07, 6.45) is -2.86. The molecule has 1 heterocycles. The Morgan fingerprint density at radius 1 is 1.64 bits per heavy atom. The molecule has 4 atom stereocenters. The summed E-state index contributed by atoms with van der Waals surface area (Å²) in [6, 6.07) is 0. The summed E-state index contributed by atoms with van der Waals surface area (Å²) >= 11 is 5.04. The van der Waals surface area contributed by atoms with Crippen molar-refractivity contribution in [2.75, 3.05) is 6.61 Å². The first-order chi connectivity index (χ1) is 6.39. The van der Waals surface area contributed by atoms with Crippen molar-refractivity contribution in [1.29, 1.82) is 0 Å². The molecule has 1 aliphatic rings. The van der Waals surface area contributed by atoms with E-state index < -0.39 is 30.2 Å². The normalized spacial score (nSPS) is 47.2. The minimum absolute atomic E-state index is 0.618. The zero-order valence-electron chi connectivity index (χ0n) is 7.37. The van der Waals surface area contributed by atoms with Crippen LogP contribution in [0.1, 0.15) is 0 Å². The largest absolute Gasteiger partial charge is 0.394 e. The fraction of sp³-hybridized carbons (Fsp3) is 0.714. The van der Waals surface area contributed by atoms with Crippen molar-refractivity contribution in [2.24, 2.45) is 0 Å². The van der Waals surface area contributed by atoms with Crippen LogP contribution in [-0.4, -0.2) is 53.3 Å². The van der Waals surface area contributed by atoms with Crippen LogP contribution in [0.15, 0.2) is 0 Å². The quantitative estimate of drug-likeness (QED) is 0.352. The van der Waals surface area contributed by atoms with Gasteiger partial charge in [-0.1, -0.05) is 0 Å². The Morgan fingerprint density at radius 3 is 2.57 bits per heavy atom. The smallest absolute Gasteiger partial charge is 0.209 e. The number of alkyl halides is 1. The summed E-state index contributed by atoms with van der Waals surface area (Å²) < 4.78 is 18.2. The molecule has 0 aromatic rings. The van der Waals surface area contributed by atoms with Crippen molar-refractivity contribution < 1.29 is 24.4 Å². The number of halogens is 2. The summed E-state index contributed by atoms with van der Waals surface area (Å²) in [5.41, 5.74) is -2.41. The van der Waals surface area contributed by atoms with Crippen LogP contribution < -0.4 is 0 Å². The maximum atomic E-state index is 13.6. The van der Waals surface area contributed by atoms with Gasteiger partial charge in [-0.25, -0.2) is 4.39 Å². The molecule has 1 fully saturated rings. The molecule has 3 unspecified atom stereocenters. The monoisotopic (exact) mass is 222 g/mol. The van der Waals surface area contributed by atoms with Crippen molar-refractivity contribution in [3.8, 4) is 11.3 Å². The molecule has 7 heteroatoms. The molecule has 4 nitrogen and oxygen atoms in total. The molecule has 0 aromatic heterocycles. The van der Waals surface area contributed by atoms with Crippen LogP contribution in [-0.2, 0) is 4.74 Å². The lowest BCUT2D eigenvalue weighted by atomic mass is 9.78. The standard InChI is InChI=1S/C7H9BClFO4/c8-7(10)6(13,1-2-9)5(12)4(3-11)14-7/h4-5,11-13H,3,8H2/t4-,5?,6?,7?/m1/s1. The van der Waals surface area contributed by atoms with Crippen LogP contribution in [0.4, 0.5) is 4.39 Å². The van der Waals surface area contributed by atoms with Gasteiger partial charge in [0.05, 0.1) is 6.61 Å². The van der Waals surface area contributed by atoms with Gasteiger partial charge in [0.15, 0.2) is 7.85 Å². The summed E-state index contributed by atoms with van der Waals surface area (Å²) in [7, 11) is 0.910. The summed E-state index contributed by atoms with van der Waals surface area (Å²) in [4.78, 5) is 0. The molecule has 1 saturated heterocycles. The molecule has 0 aromatic carbocycles. The highest BCUT2D eigenvalue weighted by Gasteiger charge is 2.62. The highest BCUT2D eigenvalue weighted by Crippen LogP contribution is 2.38. The van der Waals surface area contributed by atoms with Gasteiger partial charge in [-0.05, 0) is 17.5 Å². The third-order valence-corrected chi connectivity index (χ3v) is 2.35. The van der Waals surface area contributed by atoms with E-state index in [9.17, 15) is 14.6 Å². The van der Waals surface area contributed by atoms with Gasteiger partial charge in [-0.15, -0.1) is 0 Å². The second kappa shape index (κ2) is 3.68. The molecule has 0 aliphatic carbocycles. The molecule has 0 bridgehead atoms. The lowest BCUT2D eigenvalue weighted by molar-refractivity contribution is -0.140. The maximum absolute atomic E-state index is 13.6. The Bertz CT molecular complexity index is 289. The fourth-order valence-electron chi connectivity index (χ4n) is 1.37. The molecule has 1 aliphatic heterocycles. The van der Waals surface area contributed by atoms with E-state index >= 15 is 0 Å². The Morgan fingerprint density at radius 2 is 2.21 bits per heavy atom. The van der Waals surface area contributed by atoms with Gasteiger partial charge in [-0.2, -0.15) is 0 Å². The molecule has 0 saturated carbocycles. The third-order valence-electron chi connectivity index (χ3n) is 2.25. The minimum Gasteiger partial charge on any atom is -0.394 e. The van der Waals surface area contributed by atoms with Crippen molar-refractivity contribution in [1.82, 2.24) is 0 Å². The van der Waals surface area contributed by atoms with Crippen molar-refractivity contribution in [2.45, 2.75) is 23.6 Å². The van der Waals surface area contributed by atoms with Crippen LogP contribution in [0.3, 0.4) is 0 Å². The number of ether oxygens (including phenoxy) is 1. The molecule has 0 radical (unpaired) electrons. The minimum atomic E-state index is -2.57. The number of rotatable bonds is 1. The SMILES string of the molecule is BC1(F)O[C@H](CO)C(O)C1(O)C#CCl. The summed E-state index contributed by atoms with van der Waals surface area (Å²) in [5, 5.41) is 29.6. The first-order valence-corrected chi connectivity index (χ1v) is 4.27. The molecule has 14 heavy (non-hydrogen) atoms. The molecule has 78 valence electrons. The van der Waals surface area contributed by atoms with Crippen LogP contribution in [0, 0.1) is 11.3 Å². The van der Waals surface area contributed by atoms with Gasteiger partial charge in [-0.3, -0.25) is 0 Å². The highest BCUT2D eigenvalue weighted by molar-refractivity contribution is 6.30. The first kappa shape index (κ1) is 11.8. The second-order valence-electron chi connectivity index (χ2n) is 3.19. The number of aliphatic hydroxyl groups excluding tert-OH is 2. The van der Waals surface area contributed by atoms with Crippen LogP contribution >= 0.6 is 11.6 Å². The van der Waals surface area contributed by atoms with E-state index in [2.05, 4.69) is 4.74 Å². The van der Waals surface area contributed by atoms with E-state index in [1.54, 1.807) is 5.38 Å². The van der Waals surface area contributed by atoms with Crippen LogP contribution in [0.25, 0.3) is 0 Å². The van der Waals surface area contributed by atoms with Gasteiger partial charge in [0.1, 0.15) is 12.2 Å². The van der Waals surface area contributed by atoms with Crippen molar-refractivity contribution >= 4 is 19.4 Å². The lowest BCUT2D eigenvalue weighted by Crippen LogP contribution is -2.53. The van der Waals surface area contributed by atoms with Crippen molar-refractivity contribution in [3.05, 3.63) is 0 Å². The Balaban J connectivity index is 3.07. The zero-order chi connectivity index (χ0) is 11.0. The van der Waals surface area contributed by atoms with Gasteiger partial charge in [0.25, 0.3) is 0 Å². The van der Waals surface area contributed by atoms with E-state index in [4.69, 9.17) is 16.7 Å². The lowest BCUT2D eigenvalue weighted by Gasteiger charge is -2.27. The Labute approximate surface area is 86.0 Å². The van der Waals surface area contributed by atoms with Gasteiger partial charge >= 0.3 is 0 Å². The van der Waals surface area contributed by atoms with Gasteiger partial charge < -0.3 is 20.1 Å². The summed E-state index contributed by atoms with van der Waals surface area (Å²) in [6.45, 7) is -0.618. The Hall–Kier alpha value is -0.315. The van der Waals surface area contributed by atoms with E-state index in [-0.39, 0.29) is 0 Å². The molecule has 3 N–H and O–H groups in total. The fourth-order valence-corrected chi connectivity index (χ4v) is 1.51. The van der Waals surface area contributed by atoms with Crippen LogP contribution in [0.5, 0.6) is 0 Å². The van der Waals surface area contributed by atoms with E-state index in [1.165, 1.54) is 0 Å². The third kappa shape index (κ3) is 1.51. The number of hydrogen-bond donors (Lipinski definition) is 3. The highest BCUT2D eigenvalue weighted by atomic mass is 35.5. The molecular weight excluding hydrogens is 213 g/mol. The van der Waals surface area contributed by atoms with E-state index in [0.717, 1.165) is 7.85 Å². The molecule has 0 amide bonds.